The van der Waals surface area contributed by atoms with Gasteiger partial charge in [-0.3, -0.25) is 0 Å². The van der Waals surface area contributed by atoms with Crippen LogP contribution < -0.4 is 4.90 Å². The zero-order valence-corrected chi connectivity index (χ0v) is 11.4. The molecule has 0 fully saturated rings. The molecule has 0 unspecified atom stereocenters. The summed E-state index contributed by atoms with van der Waals surface area (Å²) in [6, 6.07) is 15.6. The third-order valence-corrected chi connectivity index (χ3v) is 3.04. The van der Waals surface area contributed by atoms with E-state index in [4.69, 9.17) is 5.26 Å². The van der Waals surface area contributed by atoms with Gasteiger partial charge in [0.05, 0.1) is 18.6 Å². The maximum atomic E-state index is 9.68. The molecule has 20 heavy (non-hydrogen) atoms. The van der Waals surface area contributed by atoms with Crippen molar-refractivity contribution in [2.24, 2.45) is 0 Å². The van der Waals surface area contributed by atoms with Gasteiger partial charge in [-0.2, -0.15) is 5.26 Å². The van der Waals surface area contributed by atoms with Crippen LogP contribution in [-0.4, -0.2) is 16.6 Å². The van der Waals surface area contributed by atoms with E-state index in [0.29, 0.717) is 13.0 Å². The fourth-order valence-electron chi connectivity index (χ4n) is 1.99. The monoisotopic (exact) mass is 267 g/mol. The molecule has 0 aliphatic heterocycles. The third-order valence-electron chi connectivity index (χ3n) is 3.04. The molecule has 1 N–H and O–H groups in total. The van der Waals surface area contributed by atoms with E-state index < -0.39 is 6.10 Å². The molecule has 0 amide bonds. The van der Waals surface area contributed by atoms with Crippen LogP contribution in [0.3, 0.4) is 0 Å². The Morgan fingerprint density at radius 3 is 2.70 bits per heavy atom. The molecular weight excluding hydrogens is 250 g/mol. The zero-order valence-electron chi connectivity index (χ0n) is 11.4. The maximum absolute atomic E-state index is 9.68. The van der Waals surface area contributed by atoms with Crippen LogP contribution >= 0.6 is 0 Å². The number of anilines is 2. The van der Waals surface area contributed by atoms with E-state index >= 15 is 0 Å². The van der Waals surface area contributed by atoms with Crippen molar-refractivity contribution in [1.82, 2.24) is 4.98 Å². The molecule has 0 aliphatic carbocycles. The molecule has 0 saturated carbocycles. The van der Waals surface area contributed by atoms with Gasteiger partial charge in [0.1, 0.15) is 5.82 Å². The fourth-order valence-corrected chi connectivity index (χ4v) is 1.99. The molecule has 0 aliphatic rings. The van der Waals surface area contributed by atoms with Crippen LogP contribution in [0, 0.1) is 11.3 Å². The standard InChI is InChI=1S/C16H17N3O/c1-13(20)14-8-10-18-16(12-14)19(11-5-9-17)15-6-3-2-4-7-15/h2-4,6-8,10,12-13,20H,5,11H2,1H3/t13-/m0/s1. The summed E-state index contributed by atoms with van der Waals surface area (Å²) < 4.78 is 0. The van der Waals surface area contributed by atoms with Crippen LogP contribution in [0.2, 0.25) is 0 Å². The summed E-state index contributed by atoms with van der Waals surface area (Å²) in [6.07, 6.45) is 1.56. The predicted molar refractivity (Wildman–Crippen MR) is 78.5 cm³/mol. The van der Waals surface area contributed by atoms with Crippen LogP contribution in [0.25, 0.3) is 0 Å². The van der Waals surface area contributed by atoms with Gasteiger partial charge >= 0.3 is 0 Å². The minimum absolute atomic E-state index is 0.412. The number of hydrogen-bond donors (Lipinski definition) is 1. The number of aromatic nitrogens is 1. The van der Waals surface area contributed by atoms with E-state index in [1.165, 1.54) is 0 Å². The number of benzene rings is 1. The fraction of sp³-hybridized carbons (Fsp3) is 0.250. The minimum Gasteiger partial charge on any atom is -0.389 e. The van der Waals surface area contributed by atoms with Crippen molar-refractivity contribution in [3.05, 3.63) is 54.2 Å². The summed E-state index contributed by atoms with van der Waals surface area (Å²) in [5, 5.41) is 18.5. The molecule has 0 bridgehead atoms. The largest absolute Gasteiger partial charge is 0.389 e. The van der Waals surface area contributed by atoms with Crippen molar-refractivity contribution in [1.29, 1.82) is 5.26 Å². The second-order valence-corrected chi connectivity index (χ2v) is 4.52. The van der Waals surface area contributed by atoms with Crippen molar-refractivity contribution in [3.63, 3.8) is 0 Å². The predicted octanol–water partition coefficient (Wildman–Crippen LogP) is 3.19. The average molecular weight is 267 g/mol. The van der Waals surface area contributed by atoms with Crippen molar-refractivity contribution >= 4 is 11.5 Å². The summed E-state index contributed by atoms with van der Waals surface area (Å²) in [6.45, 7) is 2.29. The van der Waals surface area contributed by atoms with Crippen molar-refractivity contribution in [2.45, 2.75) is 19.4 Å². The minimum atomic E-state index is -0.537. The first-order valence-corrected chi connectivity index (χ1v) is 6.56. The SMILES string of the molecule is C[C@H](O)c1ccnc(N(CCC#N)c2ccccc2)c1. The van der Waals surface area contributed by atoms with Gasteiger partial charge in [-0.1, -0.05) is 18.2 Å². The summed E-state index contributed by atoms with van der Waals surface area (Å²) in [5.41, 5.74) is 1.80. The lowest BCUT2D eigenvalue weighted by Gasteiger charge is -2.23. The number of nitriles is 1. The molecule has 0 spiro atoms. The first-order valence-electron chi connectivity index (χ1n) is 6.56. The second kappa shape index (κ2) is 6.69. The Hall–Kier alpha value is -2.38. The number of para-hydroxylation sites is 1. The topological polar surface area (TPSA) is 60.2 Å². The molecule has 0 radical (unpaired) electrons. The lowest BCUT2D eigenvalue weighted by molar-refractivity contribution is 0.199. The van der Waals surface area contributed by atoms with E-state index in [1.807, 2.05) is 41.3 Å². The molecule has 1 aromatic heterocycles. The van der Waals surface area contributed by atoms with E-state index in [9.17, 15) is 5.11 Å². The Labute approximate surface area is 118 Å². The first-order chi connectivity index (χ1) is 9.72. The van der Waals surface area contributed by atoms with Crippen LogP contribution in [0.5, 0.6) is 0 Å². The van der Waals surface area contributed by atoms with Crippen molar-refractivity contribution in [3.8, 4) is 6.07 Å². The molecule has 102 valence electrons. The van der Waals surface area contributed by atoms with Gasteiger partial charge in [-0.05, 0) is 36.8 Å². The molecule has 2 rings (SSSR count). The number of pyridine rings is 1. The summed E-state index contributed by atoms with van der Waals surface area (Å²) in [4.78, 5) is 6.34. The lowest BCUT2D eigenvalue weighted by atomic mass is 10.1. The third kappa shape index (κ3) is 3.34. The first kappa shape index (κ1) is 14.0. The molecule has 0 saturated heterocycles. The van der Waals surface area contributed by atoms with E-state index in [-0.39, 0.29) is 0 Å². The molecular formula is C16H17N3O. The number of rotatable bonds is 5. The Kier molecular flexibility index (Phi) is 4.70. The Morgan fingerprint density at radius 2 is 2.05 bits per heavy atom. The van der Waals surface area contributed by atoms with Gasteiger partial charge in [0.2, 0.25) is 0 Å². The number of nitrogens with zero attached hydrogens (tertiary/aromatic N) is 3. The van der Waals surface area contributed by atoms with E-state index in [0.717, 1.165) is 17.1 Å². The van der Waals surface area contributed by atoms with Crippen molar-refractivity contribution < 1.29 is 5.11 Å². The number of aliphatic hydroxyl groups is 1. The summed E-state index contributed by atoms with van der Waals surface area (Å²) in [5.74, 6) is 0.741. The highest BCUT2D eigenvalue weighted by Crippen LogP contribution is 2.25. The number of aliphatic hydroxyl groups excluding tert-OH is 1. The summed E-state index contributed by atoms with van der Waals surface area (Å²) >= 11 is 0. The van der Waals surface area contributed by atoms with Gasteiger partial charge in [-0.15, -0.1) is 0 Å². The highest BCUT2D eigenvalue weighted by atomic mass is 16.3. The van der Waals surface area contributed by atoms with E-state index in [2.05, 4.69) is 11.1 Å². The lowest BCUT2D eigenvalue weighted by Crippen LogP contribution is -2.19. The Bertz CT molecular complexity index is 590. The summed E-state index contributed by atoms with van der Waals surface area (Å²) in [7, 11) is 0. The smallest absolute Gasteiger partial charge is 0.133 e. The van der Waals surface area contributed by atoms with Gasteiger partial charge in [0.25, 0.3) is 0 Å². The van der Waals surface area contributed by atoms with Crippen LogP contribution in [-0.2, 0) is 0 Å². The molecule has 1 aromatic carbocycles. The Balaban J connectivity index is 2.36. The molecule has 1 atom stereocenters. The normalized spacial score (nSPS) is 11.7. The maximum Gasteiger partial charge on any atom is 0.133 e. The quantitative estimate of drug-likeness (QED) is 0.903. The zero-order chi connectivity index (χ0) is 14.4. The van der Waals surface area contributed by atoms with Gasteiger partial charge < -0.3 is 10.0 Å². The highest BCUT2D eigenvalue weighted by Gasteiger charge is 2.11. The van der Waals surface area contributed by atoms with Gasteiger partial charge in [0, 0.05) is 18.4 Å². The average Bonchev–Trinajstić information content (AvgIpc) is 2.49. The molecule has 4 nitrogen and oxygen atoms in total. The van der Waals surface area contributed by atoms with E-state index in [1.54, 1.807) is 19.2 Å². The van der Waals surface area contributed by atoms with Crippen LogP contribution in [0.4, 0.5) is 11.5 Å². The van der Waals surface area contributed by atoms with Crippen LogP contribution in [0.1, 0.15) is 25.0 Å². The molecule has 2 aromatic rings. The van der Waals surface area contributed by atoms with Gasteiger partial charge in [-0.25, -0.2) is 4.98 Å². The number of hydrogen-bond acceptors (Lipinski definition) is 4. The van der Waals surface area contributed by atoms with Gasteiger partial charge in [0.15, 0.2) is 0 Å². The molecule has 1 heterocycles. The second-order valence-electron chi connectivity index (χ2n) is 4.52. The highest BCUT2D eigenvalue weighted by molar-refractivity contribution is 5.60. The van der Waals surface area contributed by atoms with Crippen molar-refractivity contribution in [2.75, 3.05) is 11.4 Å². The molecule has 4 heteroatoms. The van der Waals surface area contributed by atoms with Crippen LogP contribution in [0.15, 0.2) is 48.7 Å². The Morgan fingerprint density at radius 1 is 1.30 bits per heavy atom.